The van der Waals surface area contributed by atoms with Crippen LogP contribution in [0.3, 0.4) is 0 Å². The highest BCUT2D eigenvalue weighted by molar-refractivity contribution is 5.88. The van der Waals surface area contributed by atoms with Gasteiger partial charge in [0, 0.05) is 36.9 Å². The lowest BCUT2D eigenvalue weighted by Crippen LogP contribution is -2.26. The van der Waals surface area contributed by atoms with Crippen LogP contribution in [0.25, 0.3) is 16.6 Å². The molecule has 0 spiro atoms. The molecule has 33 heavy (non-hydrogen) atoms. The second kappa shape index (κ2) is 11.5. The molecule has 8 nitrogen and oxygen atoms in total. The van der Waals surface area contributed by atoms with Gasteiger partial charge in [-0.05, 0) is 25.0 Å². The smallest absolute Gasteiger partial charge is 0.298 e. The molecule has 0 radical (unpaired) electrons. The maximum atomic E-state index is 13.2. The van der Waals surface area contributed by atoms with Crippen LogP contribution in [-0.2, 0) is 17.8 Å². The van der Waals surface area contributed by atoms with Gasteiger partial charge in [-0.25, -0.2) is 4.98 Å². The molecule has 3 aromatic heterocycles. The van der Waals surface area contributed by atoms with E-state index in [9.17, 15) is 9.59 Å². The number of pyridine rings is 1. The number of aryl methyl sites for hydroxylation is 1. The molecule has 0 saturated carbocycles. The van der Waals surface area contributed by atoms with Crippen LogP contribution in [0, 0.1) is 6.92 Å². The van der Waals surface area contributed by atoms with Crippen molar-refractivity contribution >= 4 is 47.4 Å². The third-order valence-electron chi connectivity index (χ3n) is 5.05. The summed E-state index contributed by atoms with van der Waals surface area (Å²) in [6.45, 7) is 4.24. The normalized spacial score (nSPS) is 10.2. The van der Waals surface area contributed by atoms with Crippen LogP contribution in [0.2, 0.25) is 0 Å². The second-order valence-electron chi connectivity index (χ2n) is 7.36. The van der Waals surface area contributed by atoms with Gasteiger partial charge in [0.2, 0.25) is 5.91 Å². The van der Waals surface area contributed by atoms with Crippen molar-refractivity contribution in [2.45, 2.75) is 26.8 Å². The maximum absolute atomic E-state index is 13.2. The number of anilines is 1. The van der Waals surface area contributed by atoms with E-state index in [0.29, 0.717) is 24.6 Å². The Kier molecular flexibility index (Phi) is 9.02. The maximum Gasteiger partial charge on any atom is 0.298 e. The molecule has 0 aliphatic carbocycles. The van der Waals surface area contributed by atoms with Gasteiger partial charge in [0.1, 0.15) is 0 Å². The number of fused-ring (bicyclic) bond motifs is 1. The molecule has 0 aliphatic rings. The number of aromatic amines is 1. The zero-order valence-corrected chi connectivity index (χ0v) is 19.9. The number of H-pyrrole nitrogens is 1. The highest BCUT2D eigenvalue weighted by Gasteiger charge is 2.14. The van der Waals surface area contributed by atoms with E-state index in [1.165, 1.54) is 12.5 Å². The molecule has 4 aromatic rings. The van der Waals surface area contributed by atoms with Gasteiger partial charge in [0.15, 0.2) is 5.82 Å². The van der Waals surface area contributed by atoms with Crippen molar-refractivity contribution < 1.29 is 4.79 Å². The van der Waals surface area contributed by atoms with Crippen LogP contribution < -0.4 is 16.2 Å². The SMILES string of the molecule is CC(=O)NCc1cc2c(-n3c(C)cnc(NCCc4ccccc4)c3=O)c[nH]c2cn1.Cl.Cl. The first-order chi connectivity index (χ1) is 15.0. The van der Waals surface area contributed by atoms with Gasteiger partial charge in [-0.1, -0.05) is 30.3 Å². The Morgan fingerprint density at radius 1 is 1.12 bits per heavy atom. The molecule has 4 rings (SSSR count). The van der Waals surface area contributed by atoms with Crippen LogP contribution in [0.4, 0.5) is 5.82 Å². The molecule has 0 atom stereocenters. The minimum absolute atomic E-state index is 0. The number of aromatic nitrogens is 4. The van der Waals surface area contributed by atoms with Crippen molar-refractivity contribution in [1.82, 2.24) is 24.8 Å². The molecular formula is C23H26Cl2N6O2. The summed E-state index contributed by atoms with van der Waals surface area (Å²) in [6.07, 6.45) is 5.97. The molecule has 0 fully saturated rings. The minimum atomic E-state index is -0.214. The number of hydrogen-bond donors (Lipinski definition) is 3. The largest absolute Gasteiger partial charge is 0.365 e. The van der Waals surface area contributed by atoms with E-state index in [4.69, 9.17) is 0 Å². The minimum Gasteiger partial charge on any atom is -0.365 e. The van der Waals surface area contributed by atoms with Crippen LogP contribution in [0.1, 0.15) is 23.9 Å². The van der Waals surface area contributed by atoms with Gasteiger partial charge in [-0.2, -0.15) is 0 Å². The zero-order chi connectivity index (χ0) is 21.8. The van der Waals surface area contributed by atoms with Crippen molar-refractivity contribution in [3.8, 4) is 5.69 Å². The molecule has 1 amide bonds. The Bertz CT molecular complexity index is 1290. The monoisotopic (exact) mass is 488 g/mol. The molecule has 174 valence electrons. The molecule has 0 aliphatic heterocycles. The predicted molar refractivity (Wildman–Crippen MR) is 135 cm³/mol. The molecular weight excluding hydrogens is 463 g/mol. The van der Waals surface area contributed by atoms with Crippen LogP contribution in [-0.4, -0.2) is 32.0 Å². The summed E-state index contributed by atoms with van der Waals surface area (Å²) < 4.78 is 1.64. The lowest BCUT2D eigenvalue weighted by Gasteiger charge is -2.12. The third kappa shape index (κ3) is 5.91. The van der Waals surface area contributed by atoms with Crippen molar-refractivity contribution in [2.24, 2.45) is 0 Å². The van der Waals surface area contributed by atoms with E-state index in [0.717, 1.165) is 28.7 Å². The average molecular weight is 489 g/mol. The second-order valence-corrected chi connectivity index (χ2v) is 7.36. The third-order valence-corrected chi connectivity index (χ3v) is 5.05. The summed E-state index contributed by atoms with van der Waals surface area (Å²) in [7, 11) is 0. The van der Waals surface area contributed by atoms with Crippen LogP contribution in [0.15, 0.2) is 59.8 Å². The number of benzene rings is 1. The lowest BCUT2D eigenvalue weighted by molar-refractivity contribution is -0.119. The van der Waals surface area contributed by atoms with Crippen molar-refractivity contribution in [2.75, 3.05) is 11.9 Å². The van der Waals surface area contributed by atoms with Gasteiger partial charge < -0.3 is 15.6 Å². The molecule has 10 heteroatoms. The van der Waals surface area contributed by atoms with E-state index in [2.05, 4.69) is 37.7 Å². The van der Waals surface area contributed by atoms with Crippen LogP contribution in [0.5, 0.6) is 0 Å². The molecule has 3 N–H and O–H groups in total. The summed E-state index contributed by atoms with van der Waals surface area (Å²) in [5.74, 6) is 0.187. The first kappa shape index (κ1) is 25.9. The van der Waals surface area contributed by atoms with E-state index in [1.807, 2.05) is 31.2 Å². The Morgan fingerprint density at radius 3 is 2.61 bits per heavy atom. The standard InChI is InChI=1S/C23H24N6O2.2ClH/c1-15-11-28-22(24-9-8-17-6-4-3-5-7-17)23(31)29(15)21-14-27-20-13-26-18(10-19(20)21)12-25-16(2)30;;/h3-7,10-11,13-14,27H,8-9,12H2,1-2H3,(H,24,28)(H,25,30);2*1H. The summed E-state index contributed by atoms with van der Waals surface area (Å²) in [6, 6.07) is 12.0. The molecule has 0 bridgehead atoms. The fourth-order valence-corrected chi connectivity index (χ4v) is 3.47. The van der Waals surface area contributed by atoms with Crippen LogP contribution >= 0.6 is 24.8 Å². The number of nitrogens with one attached hydrogen (secondary N) is 3. The molecule has 1 aromatic carbocycles. The Balaban J connectivity index is 0.00000193. The first-order valence-electron chi connectivity index (χ1n) is 10.1. The van der Waals surface area contributed by atoms with Gasteiger partial charge in [-0.15, -0.1) is 24.8 Å². The first-order valence-corrected chi connectivity index (χ1v) is 10.1. The Labute approximate surface area is 203 Å². The number of rotatable bonds is 7. The van der Waals surface area contributed by atoms with Gasteiger partial charge >= 0.3 is 0 Å². The van der Waals surface area contributed by atoms with Gasteiger partial charge in [0.25, 0.3) is 5.56 Å². The van der Waals surface area contributed by atoms with E-state index >= 15 is 0 Å². The number of hydrogen-bond acceptors (Lipinski definition) is 5. The van der Waals surface area contributed by atoms with E-state index < -0.39 is 0 Å². The fourth-order valence-electron chi connectivity index (χ4n) is 3.47. The lowest BCUT2D eigenvalue weighted by atomic mass is 10.1. The summed E-state index contributed by atoms with van der Waals surface area (Å²) in [4.78, 5) is 36.3. The number of nitrogens with zero attached hydrogens (tertiary/aromatic N) is 3. The predicted octanol–water partition coefficient (Wildman–Crippen LogP) is 3.55. The summed E-state index contributed by atoms with van der Waals surface area (Å²) in [5, 5.41) is 6.76. The number of carbonyl (C=O) groups is 1. The van der Waals surface area contributed by atoms with Crippen molar-refractivity contribution in [3.05, 3.63) is 82.3 Å². The molecule has 0 unspecified atom stereocenters. The quantitative estimate of drug-likeness (QED) is 0.368. The topological polar surface area (TPSA) is 105 Å². The van der Waals surface area contributed by atoms with Crippen molar-refractivity contribution in [1.29, 1.82) is 0 Å². The molecule has 3 heterocycles. The number of carbonyl (C=O) groups excluding carboxylic acids is 1. The number of halogens is 2. The van der Waals surface area contributed by atoms with E-state index in [-0.39, 0.29) is 36.3 Å². The molecule has 0 saturated heterocycles. The fraction of sp³-hybridized carbons (Fsp3) is 0.217. The van der Waals surface area contributed by atoms with Gasteiger partial charge in [-0.3, -0.25) is 19.1 Å². The van der Waals surface area contributed by atoms with E-state index in [1.54, 1.807) is 23.2 Å². The number of amides is 1. The Morgan fingerprint density at radius 2 is 1.88 bits per heavy atom. The zero-order valence-electron chi connectivity index (χ0n) is 18.3. The van der Waals surface area contributed by atoms with Gasteiger partial charge in [0.05, 0.1) is 29.6 Å². The summed E-state index contributed by atoms with van der Waals surface area (Å²) >= 11 is 0. The Hall–Kier alpha value is -3.36. The average Bonchev–Trinajstić information content (AvgIpc) is 3.18. The highest BCUT2D eigenvalue weighted by Crippen LogP contribution is 2.22. The summed E-state index contributed by atoms with van der Waals surface area (Å²) in [5.41, 5.74) is 3.94. The van der Waals surface area contributed by atoms with Crippen molar-refractivity contribution in [3.63, 3.8) is 0 Å². The highest BCUT2D eigenvalue weighted by atomic mass is 35.5.